The van der Waals surface area contributed by atoms with Crippen LogP contribution >= 0.6 is 11.8 Å². The molecule has 0 bridgehead atoms. The van der Waals surface area contributed by atoms with Crippen molar-refractivity contribution in [2.24, 2.45) is 0 Å². The molecule has 3 rings (SSSR count). The van der Waals surface area contributed by atoms with Gasteiger partial charge in [0.1, 0.15) is 0 Å². The van der Waals surface area contributed by atoms with E-state index in [-0.39, 0.29) is 17.4 Å². The fraction of sp³-hybridized carbons (Fsp3) is 0.467. The number of hydrogen-bond donors (Lipinski definition) is 2. The highest BCUT2D eigenvalue weighted by Crippen LogP contribution is 2.35. The van der Waals surface area contributed by atoms with Crippen LogP contribution < -0.4 is 0 Å². The highest BCUT2D eigenvalue weighted by molar-refractivity contribution is 7.99. The van der Waals surface area contributed by atoms with E-state index in [2.05, 4.69) is 10.1 Å². The Morgan fingerprint density at radius 1 is 1.19 bits per heavy atom. The van der Waals surface area contributed by atoms with Crippen molar-refractivity contribution in [1.82, 2.24) is 10.1 Å². The summed E-state index contributed by atoms with van der Waals surface area (Å²) in [4.78, 5) is 4.30. The van der Waals surface area contributed by atoms with Crippen molar-refractivity contribution < 1.29 is 14.7 Å². The molecule has 1 aliphatic rings. The van der Waals surface area contributed by atoms with Crippen LogP contribution in [0, 0.1) is 0 Å². The molecule has 112 valence electrons. The van der Waals surface area contributed by atoms with Gasteiger partial charge in [0, 0.05) is 5.25 Å². The van der Waals surface area contributed by atoms with Crippen molar-refractivity contribution in [2.75, 3.05) is 0 Å². The molecule has 0 unspecified atom stereocenters. The molecule has 0 amide bonds. The Hall–Kier alpha value is -1.69. The van der Waals surface area contributed by atoms with E-state index < -0.39 is 0 Å². The van der Waals surface area contributed by atoms with Crippen molar-refractivity contribution in [3.8, 4) is 23.0 Å². The molecule has 21 heavy (non-hydrogen) atoms. The Morgan fingerprint density at radius 2 is 2.00 bits per heavy atom. The Kier molecular flexibility index (Phi) is 4.34. The summed E-state index contributed by atoms with van der Waals surface area (Å²) < 4.78 is 5.18. The van der Waals surface area contributed by atoms with Crippen LogP contribution in [-0.4, -0.2) is 25.6 Å². The normalized spacial score (nSPS) is 16.2. The lowest BCUT2D eigenvalue weighted by molar-refractivity contribution is 0.396. The van der Waals surface area contributed by atoms with Crippen LogP contribution in [0.1, 0.15) is 37.9 Å². The average Bonchev–Trinajstić information content (AvgIpc) is 2.98. The molecule has 2 N–H and O–H groups in total. The third-order valence-electron chi connectivity index (χ3n) is 3.71. The smallest absolute Gasteiger partial charge is 0.261 e. The largest absolute Gasteiger partial charge is 0.504 e. The van der Waals surface area contributed by atoms with E-state index in [1.54, 1.807) is 12.1 Å². The number of hydrogen-bond acceptors (Lipinski definition) is 6. The number of phenolic OH excluding ortho intramolecular Hbond substituents is 2. The average molecular weight is 306 g/mol. The zero-order valence-corrected chi connectivity index (χ0v) is 12.5. The minimum atomic E-state index is -0.229. The molecule has 1 heterocycles. The Balaban J connectivity index is 1.67. The summed E-state index contributed by atoms with van der Waals surface area (Å²) >= 11 is 1.87. The van der Waals surface area contributed by atoms with Gasteiger partial charge in [0.25, 0.3) is 5.89 Å². The highest BCUT2D eigenvalue weighted by atomic mass is 32.2. The lowest BCUT2D eigenvalue weighted by Crippen LogP contribution is -2.08. The third-order valence-corrected chi connectivity index (χ3v) is 5.08. The first-order valence-electron chi connectivity index (χ1n) is 7.19. The highest BCUT2D eigenvalue weighted by Gasteiger charge is 2.17. The standard InChI is InChI=1S/C15H18N2O3S/c18-12-8-4-7-11(14(12)19)15-16-13(17-20-15)9-21-10-5-2-1-3-6-10/h4,7-8,10,18-19H,1-3,5-6,9H2. The van der Waals surface area contributed by atoms with Crippen LogP contribution in [0.3, 0.4) is 0 Å². The number of benzene rings is 1. The maximum Gasteiger partial charge on any atom is 0.261 e. The molecule has 1 aromatic carbocycles. The van der Waals surface area contributed by atoms with Crippen molar-refractivity contribution in [1.29, 1.82) is 0 Å². The first-order chi connectivity index (χ1) is 10.2. The monoisotopic (exact) mass is 306 g/mol. The van der Waals surface area contributed by atoms with Gasteiger partial charge in [0.15, 0.2) is 17.3 Å². The second kappa shape index (κ2) is 6.39. The Morgan fingerprint density at radius 3 is 2.81 bits per heavy atom. The van der Waals surface area contributed by atoms with Crippen molar-refractivity contribution >= 4 is 11.8 Å². The fourth-order valence-corrected chi connectivity index (χ4v) is 3.72. The van der Waals surface area contributed by atoms with Crippen LogP contribution in [0.15, 0.2) is 22.7 Å². The van der Waals surface area contributed by atoms with Gasteiger partial charge < -0.3 is 14.7 Å². The first kappa shape index (κ1) is 14.3. The fourth-order valence-electron chi connectivity index (χ4n) is 2.55. The van der Waals surface area contributed by atoms with Gasteiger partial charge in [0.05, 0.1) is 11.3 Å². The van der Waals surface area contributed by atoms with Gasteiger partial charge in [-0.3, -0.25) is 0 Å². The number of nitrogens with zero attached hydrogens (tertiary/aromatic N) is 2. The van der Waals surface area contributed by atoms with E-state index in [9.17, 15) is 10.2 Å². The summed E-state index contributed by atoms with van der Waals surface area (Å²) in [6.45, 7) is 0. The summed E-state index contributed by atoms with van der Waals surface area (Å²) in [6, 6.07) is 4.68. The predicted octanol–water partition coefficient (Wildman–Crippen LogP) is 3.71. The summed E-state index contributed by atoms with van der Waals surface area (Å²) in [5, 5.41) is 23.9. The summed E-state index contributed by atoms with van der Waals surface area (Å²) in [5.41, 5.74) is 0.358. The van der Waals surface area contributed by atoms with Crippen LogP contribution in [0.5, 0.6) is 11.5 Å². The number of para-hydroxylation sites is 1. The second-order valence-electron chi connectivity index (χ2n) is 5.26. The van der Waals surface area contributed by atoms with E-state index in [0.29, 0.717) is 22.4 Å². The molecule has 1 fully saturated rings. The molecule has 1 aromatic heterocycles. The lowest BCUT2D eigenvalue weighted by Gasteiger charge is -2.19. The molecule has 6 heteroatoms. The third kappa shape index (κ3) is 3.32. The maximum absolute atomic E-state index is 9.81. The summed E-state index contributed by atoms with van der Waals surface area (Å²) in [7, 11) is 0. The molecule has 5 nitrogen and oxygen atoms in total. The molecule has 1 saturated carbocycles. The van der Waals surface area contributed by atoms with E-state index in [4.69, 9.17) is 4.52 Å². The summed E-state index contributed by atoms with van der Waals surface area (Å²) in [6.07, 6.45) is 6.50. The minimum Gasteiger partial charge on any atom is -0.504 e. The van der Waals surface area contributed by atoms with Gasteiger partial charge in [-0.2, -0.15) is 16.7 Å². The van der Waals surface area contributed by atoms with E-state index in [0.717, 1.165) is 0 Å². The van der Waals surface area contributed by atoms with E-state index in [1.807, 2.05) is 11.8 Å². The van der Waals surface area contributed by atoms with Gasteiger partial charge in [-0.25, -0.2) is 0 Å². The number of aromatic nitrogens is 2. The van der Waals surface area contributed by atoms with Gasteiger partial charge in [-0.05, 0) is 25.0 Å². The van der Waals surface area contributed by atoms with Crippen LogP contribution in [0.25, 0.3) is 11.5 Å². The predicted molar refractivity (Wildman–Crippen MR) is 81.2 cm³/mol. The van der Waals surface area contributed by atoms with E-state index >= 15 is 0 Å². The van der Waals surface area contributed by atoms with Gasteiger partial charge >= 0.3 is 0 Å². The molecule has 0 aliphatic heterocycles. The van der Waals surface area contributed by atoms with Crippen molar-refractivity contribution in [2.45, 2.75) is 43.1 Å². The van der Waals surface area contributed by atoms with Crippen LogP contribution in [-0.2, 0) is 5.75 Å². The SMILES string of the molecule is Oc1cccc(-c2nc(CSC3CCCCC3)no2)c1O. The van der Waals surface area contributed by atoms with Crippen molar-refractivity contribution in [3.63, 3.8) is 0 Å². The number of thioether (sulfide) groups is 1. The Bertz CT molecular complexity index is 609. The van der Waals surface area contributed by atoms with Crippen LogP contribution in [0.4, 0.5) is 0 Å². The van der Waals surface area contributed by atoms with Crippen LogP contribution in [0.2, 0.25) is 0 Å². The number of aromatic hydroxyl groups is 2. The minimum absolute atomic E-state index is 0.191. The van der Waals surface area contributed by atoms with Gasteiger partial charge in [-0.15, -0.1) is 0 Å². The lowest BCUT2D eigenvalue weighted by atomic mass is 10.0. The molecule has 2 aromatic rings. The second-order valence-corrected chi connectivity index (χ2v) is 6.55. The maximum atomic E-state index is 9.81. The molecule has 0 atom stereocenters. The number of rotatable bonds is 4. The zero-order chi connectivity index (χ0) is 14.7. The topological polar surface area (TPSA) is 79.4 Å². The molecular weight excluding hydrogens is 288 g/mol. The summed E-state index contributed by atoms with van der Waals surface area (Å²) in [5.74, 6) is 1.16. The van der Waals surface area contributed by atoms with Gasteiger partial charge in [-0.1, -0.05) is 30.5 Å². The molecule has 0 saturated heterocycles. The first-order valence-corrected chi connectivity index (χ1v) is 8.24. The quantitative estimate of drug-likeness (QED) is 0.838. The Labute approximate surface area is 127 Å². The molecule has 0 radical (unpaired) electrons. The molecule has 0 spiro atoms. The van der Waals surface area contributed by atoms with Gasteiger partial charge in [0.2, 0.25) is 0 Å². The zero-order valence-electron chi connectivity index (χ0n) is 11.7. The molecular formula is C15H18N2O3S. The molecule has 1 aliphatic carbocycles. The van der Waals surface area contributed by atoms with Crippen molar-refractivity contribution in [3.05, 3.63) is 24.0 Å². The van der Waals surface area contributed by atoms with E-state index in [1.165, 1.54) is 38.2 Å². The number of phenols is 2.